The fraction of sp³-hybridized carbons (Fsp3) is 0.149. The molecule has 47 heavy (non-hydrogen) atoms. The molecule has 0 saturated heterocycles. The third-order valence-corrected chi connectivity index (χ3v) is 10.8. The van der Waals surface area contributed by atoms with Crippen LogP contribution in [0.2, 0.25) is 0 Å². The van der Waals surface area contributed by atoms with Crippen molar-refractivity contribution < 1.29 is 0 Å². The van der Waals surface area contributed by atoms with Crippen LogP contribution in [0.15, 0.2) is 140 Å². The fourth-order valence-corrected chi connectivity index (χ4v) is 8.16. The summed E-state index contributed by atoms with van der Waals surface area (Å²) in [7, 11) is 0. The molecule has 226 valence electrons. The van der Waals surface area contributed by atoms with Gasteiger partial charge in [0.25, 0.3) is 0 Å². The van der Waals surface area contributed by atoms with E-state index in [1.807, 2.05) is 0 Å². The van der Waals surface area contributed by atoms with Crippen molar-refractivity contribution in [1.29, 1.82) is 0 Å². The Bertz CT molecular complexity index is 2380. The van der Waals surface area contributed by atoms with E-state index in [9.17, 15) is 0 Å². The van der Waals surface area contributed by atoms with Gasteiger partial charge in [-0.3, -0.25) is 0 Å². The highest BCUT2D eigenvalue weighted by atomic mass is 14.4. The van der Waals surface area contributed by atoms with Crippen LogP contribution in [-0.4, -0.2) is 0 Å². The Morgan fingerprint density at radius 3 is 1.64 bits per heavy atom. The summed E-state index contributed by atoms with van der Waals surface area (Å²) in [5.41, 5.74) is 20.0. The van der Waals surface area contributed by atoms with Gasteiger partial charge in [0, 0.05) is 5.41 Å². The second kappa shape index (κ2) is 9.90. The topological polar surface area (TPSA) is 0 Å². The van der Waals surface area contributed by atoms with E-state index >= 15 is 0 Å². The molecule has 0 radical (unpaired) electrons. The smallest absolute Gasteiger partial charge is 0.0159 e. The van der Waals surface area contributed by atoms with Crippen LogP contribution >= 0.6 is 0 Å². The molecule has 0 heteroatoms. The van der Waals surface area contributed by atoms with Crippen LogP contribution < -0.4 is 0 Å². The second-order valence-electron chi connectivity index (χ2n) is 15.0. The first-order valence-electron chi connectivity index (χ1n) is 16.9. The minimum absolute atomic E-state index is 0.00829. The molecule has 0 unspecified atom stereocenters. The van der Waals surface area contributed by atoms with Gasteiger partial charge in [-0.1, -0.05) is 162 Å². The van der Waals surface area contributed by atoms with Crippen molar-refractivity contribution in [1.82, 2.24) is 0 Å². The highest BCUT2D eigenvalue weighted by molar-refractivity contribution is 6.18. The molecule has 0 atom stereocenters. The fourth-order valence-electron chi connectivity index (χ4n) is 8.16. The second-order valence-corrected chi connectivity index (χ2v) is 15.0. The van der Waals surface area contributed by atoms with Gasteiger partial charge < -0.3 is 0 Å². The zero-order valence-corrected chi connectivity index (χ0v) is 27.8. The normalized spacial score (nSPS) is 13.8. The van der Waals surface area contributed by atoms with Crippen LogP contribution in [0.4, 0.5) is 0 Å². The molecular formula is C47H38. The summed E-state index contributed by atoms with van der Waals surface area (Å²) in [6.07, 6.45) is 0. The van der Waals surface area contributed by atoms with E-state index in [4.69, 9.17) is 0 Å². The standard InChI is InChI=1S/C47H38/c1-46(2,3)34-22-24-36-40-11-8-10-39-35(25-26-41(45(39)40)42(36)28-34)32-19-17-30(18-20-32)29-13-15-31(16-14-29)33-21-23-38-37-9-6-7-12-43(37)47(4,5)44(38)27-33/h6-28H,1-5H3. The summed E-state index contributed by atoms with van der Waals surface area (Å²) in [5, 5.41) is 2.70. The van der Waals surface area contributed by atoms with E-state index in [0.29, 0.717) is 0 Å². The van der Waals surface area contributed by atoms with Crippen LogP contribution in [0, 0.1) is 0 Å². The first-order valence-corrected chi connectivity index (χ1v) is 16.9. The van der Waals surface area contributed by atoms with Gasteiger partial charge in [0.05, 0.1) is 0 Å². The summed E-state index contributed by atoms with van der Waals surface area (Å²) in [6.45, 7) is 11.6. The van der Waals surface area contributed by atoms with Crippen LogP contribution in [0.3, 0.4) is 0 Å². The van der Waals surface area contributed by atoms with Gasteiger partial charge in [0.1, 0.15) is 0 Å². The molecule has 0 N–H and O–H groups in total. The molecule has 0 bridgehead atoms. The third-order valence-electron chi connectivity index (χ3n) is 10.8. The lowest BCUT2D eigenvalue weighted by Gasteiger charge is -2.22. The van der Waals surface area contributed by atoms with E-state index in [1.165, 1.54) is 94.2 Å². The molecule has 0 saturated carbocycles. The SMILES string of the molecule is CC(C)(C)c1ccc2c(c1)-c1ccc(-c3ccc(-c4ccc(-c5ccc6c(c5)C(C)(C)c5ccccc5-6)cc4)cc3)c3cccc-2c13. The van der Waals surface area contributed by atoms with E-state index in [2.05, 4.69) is 174 Å². The summed E-state index contributed by atoms with van der Waals surface area (Å²) < 4.78 is 0. The quantitative estimate of drug-likeness (QED) is 0.189. The summed E-state index contributed by atoms with van der Waals surface area (Å²) >= 11 is 0. The van der Waals surface area contributed by atoms with Crippen molar-refractivity contribution in [2.75, 3.05) is 0 Å². The lowest BCUT2D eigenvalue weighted by Crippen LogP contribution is -2.14. The first-order chi connectivity index (χ1) is 22.7. The maximum Gasteiger partial charge on any atom is 0.0159 e. The molecule has 2 aliphatic rings. The van der Waals surface area contributed by atoms with Crippen LogP contribution in [0.5, 0.6) is 0 Å². The van der Waals surface area contributed by atoms with Crippen LogP contribution in [0.1, 0.15) is 51.3 Å². The van der Waals surface area contributed by atoms with Crippen molar-refractivity contribution in [3.8, 4) is 66.8 Å². The van der Waals surface area contributed by atoms with Gasteiger partial charge in [-0.25, -0.2) is 0 Å². The van der Waals surface area contributed by atoms with Gasteiger partial charge >= 0.3 is 0 Å². The Labute approximate surface area is 278 Å². The third kappa shape index (κ3) is 4.21. The predicted molar refractivity (Wildman–Crippen MR) is 201 cm³/mol. The predicted octanol–water partition coefficient (Wildman–Crippen LogP) is 13.1. The molecule has 0 nitrogen and oxygen atoms in total. The minimum Gasteiger partial charge on any atom is -0.0619 e. The number of rotatable bonds is 3. The highest BCUT2D eigenvalue weighted by Crippen LogP contribution is 2.51. The van der Waals surface area contributed by atoms with Gasteiger partial charge in [0.2, 0.25) is 0 Å². The summed E-state index contributed by atoms with van der Waals surface area (Å²) in [5.74, 6) is 0. The van der Waals surface area contributed by atoms with Crippen LogP contribution in [0.25, 0.3) is 77.5 Å². The molecular weight excluding hydrogens is 565 g/mol. The Morgan fingerprint density at radius 2 is 0.915 bits per heavy atom. The largest absolute Gasteiger partial charge is 0.0619 e. The Morgan fingerprint density at radius 1 is 0.383 bits per heavy atom. The average Bonchev–Trinajstić information content (AvgIpc) is 3.54. The summed E-state index contributed by atoms with van der Waals surface area (Å²) in [6, 6.07) is 52.5. The molecule has 2 aliphatic carbocycles. The van der Waals surface area contributed by atoms with Gasteiger partial charge in [-0.05, 0) is 112 Å². The number of hydrogen-bond donors (Lipinski definition) is 0. The average molecular weight is 603 g/mol. The molecule has 0 spiro atoms. The van der Waals surface area contributed by atoms with E-state index in [-0.39, 0.29) is 10.8 Å². The monoisotopic (exact) mass is 602 g/mol. The molecule has 7 aromatic rings. The highest BCUT2D eigenvalue weighted by Gasteiger charge is 2.35. The van der Waals surface area contributed by atoms with E-state index < -0.39 is 0 Å². The molecule has 0 heterocycles. The Balaban J connectivity index is 1.02. The molecule has 0 fully saturated rings. The van der Waals surface area contributed by atoms with E-state index in [0.717, 1.165) is 0 Å². The zero-order valence-electron chi connectivity index (χ0n) is 27.8. The zero-order chi connectivity index (χ0) is 32.1. The van der Waals surface area contributed by atoms with Crippen molar-refractivity contribution in [2.24, 2.45) is 0 Å². The minimum atomic E-state index is 0.00829. The number of benzene rings is 7. The molecule has 7 aromatic carbocycles. The molecule has 0 amide bonds. The van der Waals surface area contributed by atoms with Gasteiger partial charge in [0.15, 0.2) is 0 Å². The van der Waals surface area contributed by atoms with Crippen molar-refractivity contribution in [3.05, 3.63) is 156 Å². The maximum atomic E-state index is 2.41. The number of hydrogen-bond acceptors (Lipinski definition) is 0. The van der Waals surface area contributed by atoms with Crippen molar-refractivity contribution in [3.63, 3.8) is 0 Å². The van der Waals surface area contributed by atoms with E-state index in [1.54, 1.807) is 0 Å². The van der Waals surface area contributed by atoms with Gasteiger partial charge in [-0.15, -0.1) is 0 Å². The molecule has 0 aromatic heterocycles. The lowest BCUT2D eigenvalue weighted by molar-refractivity contribution is 0.590. The Kier molecular flexibility index (Phi) is 5.91. The molecule has 9 rings (SSSR count). The van der Waals surface area contributed by atoms with Crippen LogP contribution in [-0.2, 0) is 10.8 Å². The lowest BCUT2D eigenvalue weighted by atomic mass is 9.81. The van der Waals surface area contributed by atoms with Gasteiger partial charge in [-0.2, -0.15) is 0 Å². The first kappa shape index (κ1) is 28.1. The summed E-state index contributed by atoms with van der Waals surface area (Å²) in [4.78, 5) is 0. The number of fused-ring (bicyclic) bond motifs is 6. The van der Waals surface area contributed by atoms with Crippen molar-refractivity contribution in [2.45, 2.75) is 45.4 Å². The maximum absolute atomic E-state index is 2.41. The van der Waals surface area contributed by atoms with Crippen molar-refractivity contribution >= 4 is 10.8 Å². The Hall–Kier alpha value is -5.20. The molecule has 0 aliphatic heterocycles.